The lowest BCUT2D eigenvalue weighted by Gasteiger charge is -2.02. The van der Waals surface area contributed by atoms with Gasteiger partial charge in [0.1, 0.15) is 5.82 Å². The molecule has 1 heterocycles. The summed E-state index contributed by atoms with van der Waals surface area (Å²) in [5.41, 5.74) is 7.71. The fourth-order valence-corrected chi connectivity index (χ4v) is 1.73. The average molecular weight is 233 g/mol. The van der Waals surface area contributed by atoms with Crippen molar-refractivity contribution < 1.29 is 4.39 Å². The number of hydrogen-bond donors (Lipinski definition) is 1. The minimum atomic E-state index is -0.187. The molecule has 0 fully saturated rings. The molecule has 0 aliphatic rings. The molecule has 0 radical (unpaired) electrons. The van der Waals surface area contributed by atoms with Gasteiger partial charge in [0.25, 0.3) is 0 Å². The van der Waals surface area contributed by atoms with Gasteiger partial charge in [-0.1, -0.05) is 12.1 Å². The van der Waals surface area contributed by atoms with Crippen molar-refractivity contribution >= 4 is 0 Å². The molecular formula is C13H16FN3. The van der Waals surface area contributed by atoms with E-state index in [0.29, 0.717) is 6.54 Å². The molecule has 17 heavy (non-hydrogen) atoms. The maximum absolute atomic E-state index is 12.7. The van der Waals surface area contributed by atoms with E-state index in [-0.39, 0.29) is 5.82 Å². The zero-order chi connectivity index (χ0) is 12.1. The number of nitrogens with zero attached hydrogens (tertiary/aromatic N) is 2. The van der Waals surface area contributed by atoms with Gasteiger partial charge < -0.3 is 5.73 Å². The quantitative estimate of drug-likeness (QED) is 0.859. The van der Waals surface area contributed by atoms with Gasteiger partial charge in [-0.2, -0.15) is 5.10 Å². The number of rotatable bonds is 5. The topological polar surface area (TPSA) is 43.8 Å². The van der Waals surface area contributed by atoms with E-state index in [4.69, 9.17) is 5.73 Å². The van der Waals surface area contributed by atoms with E-state index >= 15 is 0 Å². The first-order valence-electron chi connectivity index (χ1n) is 5.74. The van der Waals surface area contributed by atoms with Crippen molar-refractivity contribution in [3.8, 4) is 0 Å². The molecule has 0 unspecified atom stereocenters. The van der Waals surface area contributed by atoms with Gasteiger partial charge in [-0.3, -0.25) is 4.68 Å². The zero-order valence-electron chi connectivity index (χ0n) is 9.64. The summed E-state index contributed by atoms with van der Waals surface area (Å²) < 4.78 is 14.6. The summed E-state index contributed by atoms with van der Waals surface area (Å²) in [7, 11) is 0. The summed E-state index contributed by atoms with van der Waals surface area (Å²) in [5, 5.41) is 4.21. The van der Waals surface area contributed by atoms with Crippen molar-refractivity contribution in [1.29, 1.82) is 0 Å². The van der Waals surface area contributed by atoms with E-state index in [9.17, 15) is 4.39 Å². The standard InChI is InChI=1S/C13H16FN3/c14-13-5-3-11(4-6-13)2-1-7-17-10-12(8-15)9-16-17/h3-6,9-10H,1-2,7-8,15H2. The zero-order valence-corrected chi connectivity index (χ0v) is 9.64. The van der Waals surface area contributed by atoms with Crippen molar-refractivity contribution in [1.82, 2.24) is 9.78 Å². The number of hydrogen-bond acceptors (Lipinski definition) is 2. The SMILES string of the molecule is NCc1cnn(CCCc2ccc(F)cc2)c1. The molecule has 1 aromatic carbocycles. The summed E-state index contributed by atoms with van der Waals surface area (Å²) in [4.78, 5) is 0. The predicted octanol–water partition coefficient (Wildman–Crippen LogP) is 2.11. The van der Waals surface area contributed by atoms with E-state index < -0.39 is 0 Å². The molecule has 3 nitrogen and oxygen atoms in total. The van der Waals surface area contributed by atoms with Crippen molar-refractivity contribution in [2.45, 2.75) is 25.9 Å². The first-order valence-corrected chi connectivity index (χ1v) is 5.74. The molecule has 0 amide bonds. The second kappa shape index (κ2) is 5.59. The summed E-state index contributed by atoms with van der Waals surface area (Å²) in [6, 6.07) is 6.64. The summed E-state index contributed by atoms with van der Waals surface area (Å²) >= 11 is 0. The van der Waals surface area contributed by atoms with Gasteiger partial charge >= 0.3 is 0 Å². The smallest absolute Gasteiger partial charge is 0.123 e. The fourth-order valence-electron chi connectivity index (χ4n) is 1.73. The molecule has 0 atom stereocenters. The van der Waals surface area contributed by atoms with Gasteiger partial charge in [0.2, 0.25) is 0 Å². The highest BCUT2D eigenvalue weighted by Crippen LogP contribution is 2.06. The number of benzene rings is 1. The monoisotopic (exact) mass is 233 g/mol. The molecule has 0 aliphatic heterocycles. The Hall–Kier alpha value is -1.68. The van der Waals surface area contributed by atoms with Gasteiger partial charge in [0, 0.05) is 24.8 Å². The van der Waals surface area contributed by atoms with Gasteiger partial charge in [-0.25, -0.2) is 4.39 Å². The Kier molecular flexibility index (Phi) is 3.88. The first-order chi connectivity index (χ1) is 8.28. The molecule has 2 aromatic rings. The van der Waals surface area contributed by atoms with Crippen molar-refractivity contribution in [2.75, 3.05) is 0 Å². The minimum absolute atomic E-state index is 0.187. The first kappa shape index (κ1) is 11.8. The molecule has 0 aliphatic carbocycles. The predicted molar refractivity (Wildman–Crippen MR) is 64.8 cm³/mol. The van der Waals surface area contributed by atoms with Gasteiger partial charge in [-0.15, -0.1) is 0 Å². The Morgan fingerprint density at radius 1 is 1.18 bits per heavy atom. The lowest BCUT2D eigenvalue weighted by molar-refractivity contribution is 0.577. The molecule has 0 saturated heterocycles. The van der Waals surface area contributed by atoms with E-state index in [1.54, 1.807) is 6.20 Å². The van der Waals surface area contributed by atoms with E-state index in [0.717, 1.165) is 30.5 Å². The van der Waals surface area contributed by atoms with Crippen LogP contribution in [0.2, 0.25) is 0 Å². The Morgan fingerprint density at radius 2 is 1.94 bits per heavy atom. The molecule has 0 spiro atoms. The van der Waals surface area contributed by atoms with Gasteiger partial charge in [0.15, 0.2) is 0 Å². The van der Waals surface area contributed by atoms with E-state index in [1.807, 2.05) is 23.0 Å². The lowest BCUT2D eigenvalue weighted by atomic mass is 10.1. The van der Waals surface area contributed by atoms with Crippen LogP contribution in [0.15, 0.2) is 36.7 Å². The van der Waals surface area contributed by atoms with E-state index in [1.165, 1.54) is 12.1 Å². The average Bonchev–Trinajstić information content (AvgIpc) is 2.80. The normalized spacial score (nSPS) is 10.7. The third-order valence-electron chi connectivity index (χ3n) is 2.69. The Morgan fingerprint density at radius 3 is 2.59 bits per heavy atom. The van der Waals surface area contributed by atoms with Crippen LogP contribution in [0, 0.1) is 5.82 Å². The summed E-state index contributed by atoms with van der Waals surface area (Å²) in [5.74, 6) is -0.187. The van der Waals surface area contributed by atoms with Gasteiger partial charge in [0.05, 0.1) is 6.20 Å². The molecule has 1 aromatic heterocycles. The molecule has 0 saturated carbocycles. The van der Waals surface area contributed by atoms with Crippen LogP contribution >= 0.6 is 0 Å². The van der Waals surface area contributed by atoms with Crippen molar-refractivity contribution in [2.24, 2.45) is 5.73 Å². The van der Waals surface area contributed by atoms with Crippen LogP contribution in [-0.4, -0.2) is 9.78 Å². The third kappa shape index (κ3) is 3.39. The largest absolute Gasteiger partial charge is 0.326 e. The fraction of sp³-hybridized carbons (Fsp3) is 0.308. The molecular weight excluding hydrogens is 217 g/mol. The Bertz CT molecular complexity index is 462. The molecule has 2 N–H and O–H groups in total. The highest BCUT2D eigenvalue weighted by molar-refractivity contribution is 5.15. The lowest BCUT2D eigenvalue weighted by Crippen LogP contribution is -2.00. The second-order valence-electron chi connectivity index (χ2n) is 4.05. The molecule has 90 valence electrons. The van der Waals surface area contributed by atoms with Crippen LogP contribution < -0.4 is 5.73 Å². The molecule has 4 heteroatoms. The van der Waals surface area contributed by atoms with Crippen LogP contribution in [0.5, 0.6) is 0 Å². The van der Waals surface area contributed by atoms with Crippen LogP contribution in [0.25, 0.3) is 0 Å². The van der Waals surface area contributed by atoms with Crippen molar-refractivity contribution in [3.63, 3.8) is 0 Å². The van der Waals surface area contributed by atoms with Crippen molar-refractivity contribution in [3.05, 3.63) is 53.6 Å². The third-order valence-corrected chi connectivity index (χ3v) is 2.69. The van der Waals surface area contributed by atoms with E-state index in [2.05, 4.69) is 5.10 Å². The number of halogens is 1. The van der Waals surface area contributed by atoms with Crippen LogP contribution in [0.3, 0.4) is 0 Å². The highest BCUT2D eigenvalue weighted by Gasteiger charge is 1.98. The number of aromatic nitrogens is 2. The summed E-state index contributed by atoms with van der Waals surface area (Å²) in [6.07, 6.45) is 5.66. The Labute approximate surface area is 100 Å². The maximum atomic E-state index is 12.7. The van der Waals surface area contributed by atoms with Crippen LogP contribution in [0.1, 0.15) is 17.5 Å². The number of nitrogens with two attached hydrogens (primary N) is 1. The molecule has 2 rings (SSSR count). The molecule has 0 bridgehead atoms. The second-order valence-corrected chi connectivity index (χ2v) is 4.05. The summed E-state index contributed by atoms with van der Waals surface area (Å²) in [6.45, 7) is 1.38. The van der Waals surface area contributed by atoms with Gasteiger partial charge in [-0.05, 0) is 30.5 Å². The maximum Gasteiger partial charge on any atom is 0.123 e. The number of aryl methyl sites for hydroxylation is 2. The highest BCUT2D eigenvalue weighted by atomic mass is 19.1. The van der Waals surface area contributed by atoms with Crippen LogP contribution in [0.4, 0.5) is 4.39 Å². The Balaban J connectivity index is 1.81. The van der Waals surface area contributed by atoms with Crippen LogP contribution in [-0.2, 0) is 19.5 Å². The minimum Gasteiger partial charge on any atom is -0.326 e.